The number of aromatic nitrogens is 2. The smallest absolute Gasteiger partial charge is 0.388 e. The van der Waals surface area contributed by atoms with Crippen LogP contribution in [-0.4, -0.2) is 15.1 Å². The van der Waals surface area contributed by atoms with E-state index in [0.717, 1.165) is 59.6 Å². The third kappa shape index (κ3) is 3.63. The number of alkyl halides is 3. The van der Waals surface area contributed by atoms with Crippen LogP contribution in [0.1, 0.15) is 111 Å². The molecule has 1 N–H and O–H groups in total. The fourth-order valence-corrected chi connectivity index (χ4v) is 5.36. The van der Waals surface area contributed by atoms with Gasteiger partial charge in [0.05, 0.1) is 23.1 Å². The van der Waals surface area contributed by atoms with E-state index in [1.165, 1.54) is 6.07 Å². The molecule has 1 fully saturated rings. The Morgan fingerprint density at radius 2 is 1.84 bits per heavy atom. The lowest BCUT2D eigenvalue weighted by Crippen LogP contribution is -2.29. The fourth-order valence-electron chi connectivity index (χ4n) is 5.36. The van der Waals surface area contributed by atoms with Gasteiger partial charge in [-0.3, -0.25) is 9.97 Å². The fraction of sp³-hybridized carbons (Fsp3) is 0.600. The Hall–Kier alpha value is -1.99. The Morgan fingerprint density at radius 1 is 1.12 bits per heavy atom. The highest BCUT2D eigenvalue weighted by Crippen LogP contribution is 2.56. The second kappa shape index (κ2) is 7.26. The maximum absolute atomic E-state index is 13.1. The molecule has 0 radical (unpaired) electrons. The van der Waals surface area contributed by atoms with Crippen molar-refractivity contribution in [3.05, 3.63) is 57.7 Å². The van der Waals surface area contributed by atoms with Gasteiger partial charge in [0.15, 0.2) is 0 Å². The number of hydrogen-bond acceptors (Lipinski definition) is 4. The molecule has 1 aliphatic heterocycles. The van der Waals surface area contributed by atoms with Crippen LogP contribution in [0.5, 0.6) is 0 Å². The summed E-state index contributed by atoms with van der Waals surface area (Å²) in [5.74, 6) is 0.482. The van der Waals surface area contributed by atoms with Crippen molar-refractivity contribution < 1.29 is 23.0 Å². The Morgan fingerprint density at radius 3 is 2.41 bits per heavy atom. The second-order valence-corrected chi connectivity index (χ2v) is 10.7. The van der Waals surface area contributed by atoms with Gasteiger partial charge in [0.25, 0.3) is 0 Å². The number of aliphatic hydroxyl groups excluding tert-OH is 1. The first-order valence-electron chi connectivity index (χ1n) is 11.4. The SMILES string of the molecule is CC(C)[C@H]1O[C@@H](c2ccc(C(F)(F)F)cn2)c2c1nc1c(c2C2CC2)[C@@H](O)CC(C)(C)C1. The van der Waals surface area contributed by atoms with Gasteiger partial charge >= 0.3 is 6.18 Å². The summed E-state index contributed by atoms with van der Waals surface area (Å²) < 4.78 is 45.6. The number of pyridine rings is 2. The van der Waals surface area contributed by atoms with Gasteiger partial charge in [-0.1, -0.05) is 27.7 Å². The first-order valence-corrected chi connectivity index (χ1v) is 11.4. The highest BCUT2D eigenvalue weighted by molar-refractivity contribution is 5.52. The van der Waals surface area contributed by atoms with Crippen LogP contribution in [0.15, 0.2) is 18.3 Å². The minimum Gasteiger partial charge on any atom is -0.388 e. The van der Waals surface area contributed by atoms with E-state index in [9.17, 15) is 18.3 Å². The summed E-state index contributed by atoms with van der Waals surface area (Å²) in [5.41, 5.74) is 4.42. The van der Waals surface area contributed by atoms with E-state index >= 15 is 0 Å². The molecule has 0 saturated heterocycles. The molecule has 5 rings (SSSR count). The van der Waals surface area contributed by atoms with Crippen LogP contribution >= 0.6 is 0 Å². The molecular weight excluding hydrogens is 417 g/mol. The molecule has 2 aromatic heterocycles. The predicted octanol–water partition coefficient (Wildman–Crippen LogP) is 6.20. The van der Waals surface area contributed by atoms with Crippen LogP contribution in [0.2, 0.25) is 0 Å². The summed E-state index contributed by atoms with van der Waals surface area (Å²) in [7, 11) is 0. The van der Waals surface area contributed by atoms with Crippen molar-refractivity contribution in [2.24, 2.45) is 11.3 Å². The quantitative estimate of drug-likeness (QED) is 0.610. The van der Waals surface area contributed by atoms with Crippen molar-refractivity contribution in [2.75, 3.05) is 0 Å². The molecule has 0 amide bonds. The Labute approximate surface area is 186 Å². The summed E-state index contributed by atoms with van der Waals surface area (Å²) >= 11 is 0. The van der Waals surface area contributed by atoms with Crippen molar-refractivity contribution in [3.8, 4) is 0 Å². The van der Waals surface area contributed by atoms with Gasteiger partial charge in [0.1, 0.15) is 12.2 Å². The van der Waals surface area contributed by atoms with Gasteiger partial charge in [-0.05, 0) is 60.6 Å². The van der Waals surface area contributed by atoms with Crippen molar-refractivity contribution in [2.45, 2.75) is 83.8 Å². The van der Waals surface area contributed by atoms with E-state index in [4.69, 9.17) is 9.72 Å². The van der Waals surface area contributed by atoms with E-state index in [1.807, 2.05) is 0 Å². The molecule has 7 heteroatoms. The van der Waals surface area contributed by atoms with Gasteiger partial charge in [-0.15, -0.1) is 0 Å². The first kappa shape index (κ1) is 21.8. The molecule has 3 heterocycles. The topological polar surface area (TPSA) is 55.2 Å². The molecule has 0 bridgehead atoms. The van der Waals surface area contributed by atoms with E-state index in [-0.39, 0.29) is 17.4 Å². The number of ether oxygens (including phenoxy) is 1. The molecule has 4 nitrogen and oxygen atoms in total. The van der Waals surface area contributed by atoms with Crippen molar-refractivity contribution in [1.29, 1.82) is 0 Å². The largest absolute Gasteiger partial charge is 0.417 e. The van der Waals surface area contributed by atoms with Gasteiger partial charge in [0, 0.05) is 23.0 Å². The van der Waals surface area contributed by atoms with Gasteiger partial charge in [-0.2, -0.15) is 13.2 Å². The van der Waals surface area contributed by atoms with Crippen LogP contribution < -0.4 is 0 Å². The van der Waals surface area contributed by atoms with Gasteiger partial charge in [0.2, 0.25) is 0 Å². The highest BCUT2D eigenvalue weighted by Gasteiger charge is 2.46. The Balaban J connectivity index is 1.68. The van der Waals surface area contributed by atoms with E-state index < -0.39 is 23.9 Å². The summed E-state index contributed by atoms with van der Waals surface area (Å²) in [4.78, 5) is 9.21. The predicted molar refractivity (Wildman–Crippen MR) is 113 cm³/mol. The number of halogens is 3. The third-order valence-corrected chi connectivity index (χ3v) is 6.94. The minimum atomic E-state index is -4.43. The second-order valence-electron chi connectivity index (χ2n) is 10.7. The van der Waals surface area contributed by atoms with Crippen molar-refractivity contribution in [1.82, 2.24) is 9.97 Å². The van der Waals surface area contributed by atoms with E-state index in [1.54, 1.807) is 0 Å². The maximum atomic E-state index is 13.1. The maximum Gasteiger partial charge on any atom is 0.417 e. The average molecular weight is 447 g/mol. The van der Waals surface area contributed by atoms with Gasteiger partial charge < -0.3 is 9.84 Å². The number of hydrogen-bond donors (Lipinski definition) is 1. The third-order valence-electron chi connectivity index (χ3n) is 6.94. The highest BCUT2D eigenvalue weighted by atomic mass is 19.4. The molecule has 3 aliphatic rings. The molecule has 0 aromatic carbocycles. The van der Waals surface area contributed by atoms with E-state index in [0.29, 0.717) is 18.0 Å². The molecule has 0 spiro atoms. The van der Waals surface area contributed by atoms with Crippen LogP contribution in [0.3, 0.4) is 0 Å². The summed E-state index contributed by atoms with van der Waals surface area (Å²) in [6, 6.07) is 2.48. The summed E-state index contributed by atoms with van der Waals surface area (Å²) in [6.45, 7) is 8.42. The zero-order chi connectivity index (χ0) is 23.0. The standard InChI is InChI=1S/C25H29F3N2O2/c1-12(2)22-21-20(23(32-22)15-8-7-14(11-29-15)25(26,27)28)18(13-5-6-13)19-16(30-21)9-24(3,4)10-17(19)31/h7-8,11-13,17,22-23,31H,5-6,9-10H2,1-4H3/t17-,22+,23-/m0/s1. The molecule has 0 unspecified atom stereocenters. The van der Waals surface area contributed by atoms with Gasteiger partial charge in [-0.25, -0.2) is 0 Å². The Kier molecular flexibility index (Phi) is 4.95. The lowest BCUT2D eigenvalue weighted by atomic mass is 9.72. The van der Waals surface area contributed by atoms with E-state index in [2.05, 4.69) is 32.7 Å². The number of nitrogens with zero attached hydrogens (tertiary/aromatic N) is 2. The van der Waals surface area contributed by atoms with Crippen LogP contribution in [0.4, 0.5) is 13.2 Å². The first-order chi connectivity index (χ1) is 15.0. The molecule has 2 aromatic rings. The molecule has 2 aliphatic carbocycles. The van der Waals surface area contributed by atoms with Crippen LogP contribution in [0.25, 0.3) is 0 Å². The summed E-state index contributed by atoms with van der Waals surface area (Å²) in [5, 5.41) is 11.1. The number of aliphatic hydroxyl groups is 1. The monoisotopic (exact) mass is 446 g/mol. The zero-order valence-electron chi connectivity index (χ0n) is 18.8. The normalized spacial score (nSPS) is 26.8. The number of fused-ring (bicyclic) bond motifs is 2. The Bertz CT molecular complexity index is 1040. The summed E-state index contributed by atoms with van der Waals surface area (Å²) in [6.07, 6.45) is -1.45. The lowest BCUT2D eigenvalue weighted by molar-refractivity contribution is -0.137. The molecule has 3 atom stereocenters. The van der Waals surface area contributed by atoms with Crippen LogP contribution in [0, 0.1) is 11.3 Å². The molecule has 1 saturated carbocycles. The zero-order valence-corrected chi connectivity index (χ0v) is 18.8. The minimum absolute atomic E-state index is 0.0460. The average Bonchev–Trinajstić information content (AvgIpc) is 3.45. The van der Waals surface area contributed by atoms with Crippen molar-refractivity contribution >= 4 is 0 Å². The lowest BCUT2D eigenvalue weighted by Gasteiger charge is -2.36. The molecule has 32 heavy (non-hydrogen) atoms. The molecular formula is C25H29F3N2O2. The van der Waals surface area contributed by atoms with Crippen molar-refractivity contribution in [3.63, 3.8) is 0 Å². The number of rotatable bonds is 3. The van der Waals surface area contributed by atoms with Crippen LogP contribution in [-0.2, 0) is 17.3 Å². The molecule has 172 valence electrons.